The molecule has 3 heterocycles. The number of carbonyl (C=O) groups excluding carboxylic acids is 1. The van der Waals surface area contributed by atoms with E-state index in [1.165, 1.54) is 0 Å². The highest BCUT2D eigenvalue weighted by molar-refractivity contribution is 9.10. The van der Waals surface area contributed by atoms with E-state index in [4.69, 9.17) is 4.74 Å². The summed E-state index contributed by atoms with van der Waals surface area (Å²) in [5, 5.41) is 9.51. The largest absolute Gasteiger partial charge is 0.445 e. The Kier molecular flexibility index (Phi) is 4.54. The normalized spacial score (nSPS) is 13.1. The third kappa shape index (κ3) is 3.03. The fourth-order valence-electron chi connectivity index (χ4n) is 3.01. The van der Waals surface area contributed by atoms with Crippen molar-refractivity contribution in [1.82, 2.24) is 19.7 Å². The number of benzene rings is 1. The quantitative estimate of drug-likeness (QED) is 0.603. The fourth-order valence-corrected chi connectivity index (χ4v) is 4.81. The van der Waals surface area contributed by atoms with Crippen molar-refractivity contribution in [3.05, 3.63) is 62.5 Å². The van der Waals surface area contributed by atoms with Gasteiger partial charge >= 0.3 is 6.09 Å². The Morgan fingerprint density at radius 1 is 1.23 bits per heavy atom. The summed E-state index contributed by atoms with van der Waals surface area (Å²) in [6.45, 7) is 5.06. The van der Waals surface area contributed by atoms with Crippen LogP contribution in [-0.2, 0) is 24.4 Å². The zero-order valence-electron chi connectivity index (χ0n) is 14.4. The van der Waals surface area contributed by atoms with Gasteiger partial charge in [-0.05, 0) is 35.3 Å². The van der Waals surface area contributed by atoms with Crippen molar-refractivity contribution in [1.29, 1.82) is 0 Å². The highest BCUT2D eigenvalue weighted by Crippen LogP contribution is 2.39. The van der Waals surface area contributed by atoms with Crippen molar-refractivity contribution in [2.45, 2.75) is 33.5 Å². The molecule has 1 aromatic carbocycles. The molecule has 1 aliphatic rings. The van der Waals surface area contributed by atoms with E-state index < -0.39 is 0 Å². The van der Waals surface area contributed by atoms with Crippen molar-refractivity contribution in [3.63, 3.8) is 0 Å². The molecule has 134 valence electrons. The number of aromatic nitrogens is 3. The first-order valence-electron chi connectivity index (χ1n) is 8.19. The number of fused-ring (bicyclic) bond motifs is 3. The number of ether oxygens (including phenoxy) is 1. The minimum atomic E-state index is -0.357. The molecule has 0 fully saturated rings. The third-order valence-electron chi connectivity index (χ3n) is 4.32. The van der Waals surface area contributed by atoms with Gasteiger partial charge in [0.2, 0.25) is 0 Å². The van der Waals surface area contributed by atoms with Crippen molar-refractivity contribution >= 4 is 33.4 Å². The van der Waals surface area contributed by atoms with Crippen LogP contribution in [0.25, 0.3) is 5.00 Å². The minimum absolute atomic E-state index is 0.249. The second-order valence-corrected chi connectivity index (χ2v) is 8.15. The molecule has 4 rings (SSSR count). The summed E-state index contributed by atoms with van der Waals surface area (Å²) in [6, 6.07) is 9.67. The molecular weight excluding hydrogens is 416 g/mol. The van der Waals surface area contributed by atoms with E-state index in [0.717, 1.165) is 37.1 Å². The number of thiophene rings is 1. The van der Waals surface area contributed by atoms with E-state index in [1.807, 2.05) is 41.8 Å². The lowest BCUT2D eigenvalue weighted by Crippen LogP contribution is -2.30. The van der Waals surface area contributed by atoms with Crippen LogP contribution in [0.5, 0.6) is 0 Å². The van der Waals surface area contributed by atoms with Crippen LogP contribution in [0.4, 0.5) is 4.79 Å². The summed E-state index contributed by atoms with van der Waals surface area (Å²) < 4.78 is 8.58. The van der Waals surface area contributed by atoms with E-state index in [2.05, 4.69) is 33.1 Å². The van der Waals surface area contributed by atoms with Crippen LogP contribution in [-0.4, -0.2) is 25.8 Å². The predicted octanol–water partition coefficient (Wildman–Crippen LogP) is 4.36. The van der Waals surface area contributed by atoms with Crippen LogP contribution >= 0.6 is 27.3 Å². The van der Waals surface area contributed by atoms with Gasteiger partial charge in [0.15, 0.2) is 5.82 Å². The van der Waals surface area contributed by atoms with Gasteiger partial charge in [0.25, 0.3) is 0 Å². The number of amides is 1. The van der Waals surface area contributed by atoms with Gasteiger partial charge < -0.3 is 4.74 Å². The van der Waals surface area contributed by atoms with Crippen LogP contribution in [0.1, 0.15) is 27.7 Å². The monoisotopic (exact) mass is 432 g/mol. The van der Waals surface area contributed by atoms with Gasteiger partial charge in [-0.3, -0.25) is 9.47 Å². The van der Waals surface area contributed by atoms with Crippen LogP contribution in [0, 0.1) is 13.8 Å². The van der Waals surface area contributed by atoms with Crippen molar-refractivity contribution in [2.24, 2.45) is 0 Å². The molecule has 2 aromatic heterocycles. The molecule has 0 saturated heterocycles. The molecule has 0 radical (unpaired) electrons. The molecule has 6 nitrogen and oxygen atoms in total. The maximum atomic E-state index is 12.7. The molecule has 0 saturated carbocycles. The van der Waals surface area contributed by atoms with Crippen LogP contribution in [0.15, 0.2) is 34.8 Å². The second-order valence-electron chi connectivity index (χ2n) is 6.15. The highest BCUT2D eigenvalue weighted by Gasteiger charge is 2.29. The first-order chi connectivity index (χ1) is 12.5. The van der Waals surface area contributed by atoms with Gasteiger partial charge in [-0.2, -0.15) is 0 Å². The molecule has 0 N–H and O–H groups in total. The van der Waals surface area contributed by atoms with Gasteiger partial charge in [-0.15, -0.1) is 21.5 Å². The van der Waals surface area contributed by atoms with Crippen LogP contribution in [0.3, 0.4) is 0 Å². The summed E-state index contributed by atoms with van der Waals surface area (Å²) >= 11 is 5.34. The number of hydrogen-bond acceptors (Lipinski definition) is 5. The summed E-state index contributed by atoms with van der Waals surface area (Å²) in [6.07, 6.45) is -0.357. The number of hydrogen-bond donors (Lipinski definition) is 0. The molecular formula is C18H17BrN4O2S. The van der Waals surface area contributed by atoms with Gasteiger partial charge in [-0.25, -0.2) is 4.79 Å². The lowest BCUT2D eigenvalue weighted by Gasteiger charge is -2.19. The number of nitrogens with zero attached hydrogens (tertiary/aromatic N) is 4. The average molecular weight is 433 g/mol. The Morgan fingerprint density at radius 2 is 2.00 bits per heavy atom. The Hall–Kier alpha value is -2.19. The molecule has 0 aliphatic carbocycles. The standard InChI is InChI=1S/C18H17BrN4O2S/c1-11-16(19)14-8-22(18(24)25-10-13-6-4-3-5-7-13)9-15-21-20-12(2)23(15)17(14)26-11/h3-7H,8-10H2,1-2H3. The number of halogens is 1. The van der Waals surface area contributed by atoms with E-state index in [0.29, 0.717) is 13.1 Å². The summed E-state index contributed by atoms with van der Waals surface area (Å²) in [5.74, 6) is 1.56. The number of carbonyl (C=O) groups is 1. The minimum Gasteiger partial charge on any atom is -0.445 e. The summed E-state index contributed by atoms with van der Waals surface area (Å²) in [4.78, 5) is 15.5. The van der Waals surface area contributed by atoms with Gasteiger partial charge in [0, 0.05) is 14.9 Å². The maximum Gasteiger partial charge on any atom is 0.410 e. The third-order valence-corrected chi connectivity index (χ3v) is 6.79. The Morgan fingerprint density at radius 3 is 2.77 bits per heavy atom. The summed E-state index contributed by atoms with van der Waals surface area (Å²) in [5.41, 5.74) is 2.02. The average Bonchev–Trinajstić information content (AvgIpc) is 3.07. The highest BCUT2D eigenvalue weighted by atomic mass is 79.9. The summed E-state index contributed by atoms with van der Waals surface area (Å²) in [7, 11) is 0. The lowest BCUT2D eigenvalue weighted by molar-refractivity contribution is 0.0906. The predicted molar refractivity (Wildman–Crippen MR) is 102 cm³/mol. The smallest absolute Gasteiger partial charge is 0.410 e. The molecule has 1 aliphatic heterocycles. The van der Waals surface area contributed by atoms with E-state index in [-0.39, 0.29) is 12.7 Å². The molecule has 0 bridgehead atoms. The van der Waals surface area contributed by atoms with Crippen LogP contribution in [0.2, 0.25) is 0 Å². The van der Waals surface area contributed by atoms with Gasteiger partial charge in [0.05, 0.1) is 13.1 Å². The Bertz CT molecular complexity index is 967. The van der Waals surface area contributed by atoms with Gasteiger partial charge in [-0.1, -0.05) is 30.3 Å². The topological polar surface area (TPSA) is 60.3 Å². The van der Waals surface area contributed by atoms with Crippen LogP contribution < -0.4 is 0 Å². The molecule has 0 atom stereocenters. The van der Waals surface area contributed by atoms with E-state index in [9.17, 15) is 4.79 Å². The molecule has 3 aromatic rings. The van der Waals surface area contributed by atoms with Crippen molar-refractivity contribution in [3.8, 4) is 5.00 Å². The molecule has 1 amide bonds. The van der Waals surface area contributed by atoms with Gasteiger partial charge in [0.1, 0.15) is 17.4 Å². The van der Waals surface area contributed by atoms with Crippen molar-refractivity contribution < 1.29 is 9.53 Å². The van der Waals surface area contributed by atoms with E-state index >= 15 is 0 Å². The van der Waals surface area contributed by atoms with Crippen molar-refractivity contribution in [2.75, 3.05) is 0 Å². The first-order valence-corrected chi connectivity index (χ1v) is 9.80. The van der Waals surface area contributed by atoms with E-state index in [1.54, 1.807) is 16.2 Å². The molecule has 0 unspecified atom stereocenters. The Labute approximate surface area is 163 Å². The maximum absolute atomic E-state index is 12.7. The Balaban J connectivity index is 1.63. The zero-order valence-corrected chi connectivity index (χ0v) is 16.8. The second kappa shape index (κ2) is 6.85. The number of rotatable bonds is 2. The zero-order chi connectivity index (χ0) is 18.3. The molecule has 26 heavy (non-hydrogen) atoms. The fraction of sp³-hybridized carbons (Fsp3) is 0.278. The lowest BCUT2D eigenvalue weighted by atomic mass is 10.2. The number of aryl methyl sites for hydroxylation is 2. The first kappa shape index (κ1) is 17.2. The SMILES string of the molecule is Cc1sc2c(c1Br)CN(C(=O)OCc1ccccc1)Cc1nnc(C)n1-2. The molecule has 0 spiro atoms. The molecule has 8 heteroatoms.